The van der Waals surface area contributed by atoms with E-state index in [9.17, 15) is 4.79 Å². The number of aromatic nitrogens is 1. The van der Waals surface area contributed by atoms with Crippen LogP contribution in [-0.4, -0.2) is 22.3 Å². The molecule has 0 bridgehead atoms. The van der Waals surface area contributed by atoms with Crippen molar-refractivity contribution in [2.75, 3.05) is 6.54 Å². The molecule has 1 amide bonds. The van der Waals surface area contributed by atoms with Crippen LogP contribution in [0.4, 0.5) is 0 Å². The van der Waals surface area contributed by atoms with E-state index in [-0.39, 0.29) is 5.91 Å². The van der Waals surface area contributed by atoms with Gasteiger partial charge in [-0.1, -0.05) is 0 Å². The Hall–Kier alpha value is -1.29. The number of hydrogen-bond acceptors (Lipinski definition) is 2. The normalized spacial score (nSPS) is 16.6. The van der Waals surface area contributed by atoms with E-state index in [1.54, 1.807) is 0 Å². The first kappa shape index (κ1) is 9.27. The van der Waals surface area contributed by atoms with Gasteiger partial charge in [-0.3, -0.25) is 4.79 Å². The van der Waals surface area contributed by atoms with Crippen molar-refractivity contribution in [3.8, 4) is 0 Å². The number of H-pyrrole nitrogens is 1. The molecule has 0 aliphatic carbocycles. The van der Waals surface area contributed by atoms with Gasteiger partial charge < -0.3 is 15.6 Å². The van der Waals surface area contributed by atoms with Gasteiger partial charge >= 0.3 is 0 Å². The Kier molecular flexibility index (Phi) is 2.54. The van der Waals surface area contributed by atoms with Crippen LogP contribution in [0.25, 0.3) is 0 Å². The molecule has 2 heterocycles. The maximum absolute atomic E-state index is 11.3. The average molecular weight is 193 g/mol. The fourth-order valence-electron chi connectivity index (χ4n) is 1.79. The summed E-state index contributed by atoms with van der Waals surface area (Å²) in [6.45, 7) is 2.13. The van der Waals surface area contributed by atoms with E-state index >= 15 is 0 Å². The summed E-state index contributed by atoms with van der Waals surface area (Å²) in [5.41, 5.74) is 7.65. The molecule has 1 fully saturated rings. The van der Waals surface area contributed by atoms with Crippen LogP contribution in [0.1, 0.15) is 24.1 Å². The minimum atomic E-state index is 0.264. The topological polar surface area (TPSA) is 62.1 Å². The van der Waals surface area contributed by atoms with E-state index in [1.165, 1.54) is 0 Å². The minimum Gasteiger partial charge on any atom is -0.364 e. The van der Waals surface area contributed by atoms with Crippen molar-refractivity contribution in [1.29, 1.82) is 0 Å². The van der Waals surface area contributed by atoms with E-state index < -0.39 is 0 Å². The molecule has 1 aliphatic rings. The molecular formula is C10H15N3O. The Balaban J connectivity index is 1.99. The molecule has 0 spiro atoms. The average Bonchev–Trinajstić information content (AvgIpc) is 2.77. The highest BCUT2D eigenvalue weighted by atomic mass is 16.2. The molecule has 0 atom stereocenters. The van der Waals surface area contributed by atoms with E-state index in [2.05, 4.69) is 4.98 Å². The van der Waals surface area contributed by atoms with Gasteiger partial charge in [0.2, 0.25) is 5.91 Å². The molecule has 1 aromatic rings. The van der Waals surface area contributed by atoms with Crippen LogP contribution >= 0.6 is 0 Å². The number of carbonyl (C=O) groups is 1. The van der Waals surface area contributed by atoms with Crippen molar-refractivity contribution < 1.29 is 4.79 Å². The lowest BCUT2D eigenvalue weighted by atomic mass is 10.3. The summed E-state index contributed by atoms with van der Waals surface area (Å²) in [6.07, 6.45) is 3.62. The molecule has 0 unspecified atom stereocenters. The second-order valence-corrected chi connectivity index (χ2v) is 3.66. The molecule has 0 aromatic carbocycles. The van der Waals surface area contributed by atoms with Gasteiger partial charge in [0.15, 0.2) is 0 Å². The third-order valence-corrected chi connectivity index (χ3v) is 2.57. The maximum Gasteiger partial charge on any atom is 0.222 e. The first-order valence-corrected chi connectivity index (χ1v) is 4.93. The molecule has 1 saturated heterocycles. The number of aromatic amines is 1. The Morgan fingerprint density at radius 2 is 2.43 bits per heavy atom. The number of nitrogens with zero attached hydrogens (tertiary/aromatic N) is 1. The molecule has 2 rings (SSSR count). The predicted molar refractivity (Wildman–Crippen MR) is 53.3 cm³/mol. The molecule has 1 aliphatic heterocycles. The van der Waals surface area contributed by atoms with Crippen molar-refractivity contribution in [3.63, 3.8) is 0 Å². The van der Waals surface area contributed by atoms with Crippen molar-refractivity contribution in [3.05, 3.63) is 23.5 Å². The molecule has 0 saturated carbocycles. The van der Waals surface area contributed by atoms with Crippen molar-refractivity contribution in [2.45, 2.75) is 25.9 Å². The lowest BCUT2D eigenvalue weighted by Gasteiger charge is -2.13. The molecule has 14 heavy (non-hydrogen) atoms. The lowest BCUT2D eigenvalue weighted by molar-refractivity contribution is -0.128. The standard InChI is InChI=1S/C10H15N3O/c11-5-9-4-8(6-12-9)7-13-3-1-2-10(13)14/h4,6,12H,1-3,5,7,11H2. The third kappa shape index (κ3) is 1.80. The van der Waals surface area contributed by atoms with E-state index in [4.69, 9.17) is 5.73 Å². The van der Waals surface area contributed by atoms with Crippen LogP contribution in [0.3, 0.4) is 0 Å². The summed E-state index contributed by atoms with van der Waals surface area (Å²) in [5, 5.41) is 0. The molecule has 76 valence electrons. The van der Waals surface area contributed by atoms with Crippen LogP contribution < -0.4 is 5.73 Å². The minimum absolute atomic E-state index is 0.264. The largest absolute Gasteiger partial charge is 0.364 e. The van der Waals surface area contributed by atoms with Crippen molar-refractivity contribution >= 4 is 5.91 Å². The fourth-order valence-corrected chi connectivity index (χ4v) is 1.79. The van der Waals surface area contributed by atoms with Crippen LogP contribution in [0.5, 0.6) is 0 Å². The summed E-state index contributed by atoms with van der Waals surface area (Å²) in [5.74, 6) is 0.264. The predicted octanol–water partition coefficient (Wildman–Crippen LogP) is 0.596. The fraction of sp³-hybridized carbons (Fsp3) is 0.500. The van der Waals surface area contributed by atoms with E-state index in [0.717, 1.165) is 30.8 Å². The van der Waals surface area contributed by atoms with E-state index in [1.807, 2.05) is 17.2 Å². The summed E-state index contributed by atoms with van der Waals surface area (Å²) in [4.78, 5) is 16.3. The highest BCUT2D eigenvalue weighted by Crippen LogP contribution is 2.14. The first-order valence-electron chi connectivity index (χ1n) is 4.93. The van der Waals surface area contributed by atoms with Gasteiger partial charge in [-0.15, -0.1) is 0 Å². The molecule has 1 aromatic heterocycles. The van der Waals surface area contributed by atoms with Gasteiger partial charge in [-0.25, -0.2) is 0 Å². The summed E-state index contributed by atoms with van der Waals surface area (Å²) < 4.78 is 0. The SMILES string of the molecule is NCc1cc(CN2CCCC2=O)c[nH]1. The van der Waals surface area contributed by atoms with Crippen molar-refractivity contribution in [2.24, 2.45) is 5.73 Å². The zero-order chi connectivity index (χ0) is 9.97. The van der Waals surface area contributed by atoms with Gasteiger partial charge in [0.05, 0.1) is 0 Å². The zero-order valence-corrected chi connectivity index (χ0v) is 8.12. The maximum atomic E-state index is 11.3. The van der Waals surface area contributed by atoms with Crippen LogP contribution in [0.15, 0.2) is 12.3 Å². The second kappa shape index (κ2) is 3.84. The Labute approximate surface area is 83.1 Å². The Bertz CT molecular complexity index is 332. The quantitative estimate of drug-likeness (QED) is 0.738. The molecule has 0 radical (unpaired) electrons. The highest BCUT2D eigenvalue weighted by Gasteiger charge is 2.20. The lowest BCUT2D eigenvalue weighted by Crippen LogP contribution is -2.23. The second-order valence-electron chi connectivity index (χ2n) is 3.66. The highest BCUT2D eigenvalue weighted by molar-refractivity contribution is 5.78. The zero-order valence-electron chi connectivity index (χ0n) is 8.12. The van der Waals surface area contributed by atoms with Crippen LogP contribution in [0.2, 0.25) is 0 Å². The smallest absolute Gasteiger partial charge is 0.222 e. The number of carbonyl (C=O) groups excluding carboxylic acids is 1. The molecule has 3 N–H and O–H groups in total. The first-order chi connectivity index (χ1) is 6.79. The van der Waals surface area contributed by atoms with Crippen LogP contribution in [0, 0.1) is 0 Å². The van der Waals surface area contributed by atoms with Gasteiger partial charge in [0.25, 0.3) is 0 Å². The van der Waals surface area contributed by atoms with Crippen LogP contribution in [-0.2, 0) is 17.9 Å². The van der Waals surface area contributed by atoms with Crippen molar-refractivity contribution in [1.82, 2.24) is 9.88 Å². The van der Waals surface area contributed by atoms with E-state index in [0.29, 0.717) is 13.0 Å². The Morgan fingerprint density at radius 1 is 1.57 bits per heavy atom. The van der Waals surface area contributed by atoms with Gasteiger partial charge in [-0.05, 0) is 18.1 Å². The summed E-state index contributed by atoms with van der Waals surface area (Å²) >= 11 is 0. The summed E-state index contributed by atoms with van der Waals surface area (Å²) in [7, 11) is 0. The molecule has 4 nitrogen and oxygen atoms in total. The monoisotopic (exact) mass is 193 g/mol. The van der Waals surface area contributed by atoms with Gasteiger partial charge in [-0.2, -0.15) is 0 Å². The number of hydrogen-bond donors (Lipinski definition) is 2. The van der Waals surface area contributed by atoms with Gasteiger partial charge in [0, 0.05) is 37.9 Å². The van der Waals surface area contributed by atoms with Gasteiger partial charge in [0.1, 0.15) is 0 Å². The number of rotatable bonds is 3. The molecule has 4 heteroatoms. The number of nitrogens with two attached hydrogens (primary N) is 1. The number of nitrogens with one attached hydrogen (secondary N) is 1. The Morgan fingerprint density at radius 3 is 3.00 bits per heavy atom. The third-order valence-electron chi connectivity index (χ3n) is 2.57. The summed E-state index contributed by atoms with van der Waals surface area (Å²) in [6, 6.07) is 2.02. The number of likely N-dealkylation sites (tertiary alicyclic amines) is 1. The molecular weight excluding hydrogens is 178 g/mol. The number of amides is 1.